The van der Waals surface area contributed by atoms with E-state index >= 15 is 0 Å². The maximum absolute atomic E-state index is 5.30. The lowest BCUT2D eigenvalue weighted by molar-refractivity contribution is 0.138. The van der Waals surface area contributed by atoms with Gasteiger partial charge in [0.2, 0.25) is 0 Å². The third-order valence-electron chi connectivity index (χ3n) is 3.99. The highest BCUT2D eigenvalue weighted by Crippen LogP contribution is 2.37. The summed E-state index contributed by atoms with van der Waals surface area (Å²) in [5.41, 5.74) is 3.05. The van der Waals surface area contributed by atoms with Crippen LogP contribution < -0.4 is 4.74 Å². The summed E-state index contributed by atoms with van der Waals surface area (Å²) in [6.45, 7) is 9.01. The van der Waals surface area contributed by atoms with Gasteiger partial charge in [0, 0.05) is 12.6 Å². The van der Waals surface area contributed by atoms with Crippen molar-refractivity contribution in [3.63, 3.8) is 0 Å². The summed E-state index contributed by atoms with van der Waals surface area (Å²) in [4.78, 5) is 2.65. The van der Waals surface area contributed by atoms with E-state index in [9.17, 15) is 0 Å². The van der Waals surface area contributed by atoms with Gasteiger partial charge in [-0.15, -0.1) is 0 Å². The Hall–Kier alpha value is -1.02. The van der Waals surface area contributed by atoms with Crippen molar-refractivity contribution in [2.24, 2.45) is 5.92 Å². The van der Waals surface area contributed by atoms with E-state index in [0.717, 1.165) is 11.7 Å². The van der Waals surface area contributed by atoms with Crippen LogP contribution in [0.4, 0.5) is 0 Å². The lowest BCUT2D eigenvalue weighted by Crippen LogP contribution is -2.38. The number of hydrogen-bond donors (Lipinski definition) is 0. The number of nitrogens with zero attached hydrogens (tertiary/aromatic N) is 1. The molecule has 2 aliphatic rings. The van der Waals surface area contributed by atoms with E-state index < -0.39 is 0 Å². The monoisotopic (exact) mass is 275 g/mol. The Morgan fingerprint density at radius 2 is 1.90 bits per heavy atom. The van der Waals surface area contributed by atoms with Crippen LogP contribution in [-0.2, 0) is 6.42 Å². The van der Waals surface area contributed by atoms with E-state index in [1.165, 1.54) is 44.3 Å². The maximum Gasteiger partial charge on any atom is 0.119 e. The number of benzene rings is 1. The molecule has 0 amide bonds. The molecule has 112 valence electrons. The molecule has 20 heavy (non-hydrogen) atoms. The van der Waals surface area contributed by atoms with Crippen molar-refractivity contribution in [2.45, 2.75) is 52.5 Å². The molecular formula is C18H29NO. The molecule has 2 heterocycles. The molecule has 0 aliphatic carbocycles. The van der Waals surface area contributed by atoms with Gasteiger partial charge in [-0.2, -0.15) is 0 Å². The molecule has 1 aromatic rings. The zero-order chi connectivity index (χ0) is 14.5. The van der Waals surface area contributed by atoms with Crippen molar-refractivity contribution in [1.29, 1.82) is 0 Å². The van der Waals surface area contributed by atoms with E-state index in [1.807, 2.05) is 0 Å². The van der Waals surface area contributed by atoms with Crippen molar-refractivity contribution in [2.75, 3.05) is 20.2 Å². The van der Waals surface area contributed by atoms with Gasteiger partial charge < -0.3 is 4.74 Å². The third-order valence-corrected chi connectivity index (χ3v) is 3.99. The fraction of sp³-hybridized carbons (Fsp3) is 0.667. The summed E-state index contributed by atoms with van der Waals surface area (Å²) in [5.74, 6) is 1.84. The quantitative estimate of drug-likeness (QED) is 0.751. The second-order valence-electron chi connectivity index (χ2n) is 6.59. The average Bonchev–Trinajstić information content (AvgIpc) is 2.46. The van der Waals surface area contributed by atoms with E-state index in [-0.39, 0.29) is 0 Å². The Morgan fingerprint density at radius 3 is 2.60 bits per heavy atom. The predicted octanol–water partition coefficient (Wildman–Crippen LogP) is 4.44. The minimum absolute atomic E-state index is 0.684. The highest BCUT2D eigenvalue weighted by Gasteiger charge is 2.29. The largest absolute Gasteiger partial charge is 0.497 e. The summed E-state index contributed by atoms with van der Waals surface area (Å²) >= 11 is 0. The number of hydrogen-bond acceptors (Lipinski definition) is 2. The third kappa shape index (κ3) is 3.76. The number of fused-ring (bicyclic) bond motifs is 3. The minimum atomic E-state index is 0.684. The zero-order valence-corrected chi connectivity index (χ0v) is 13.5. The molecule has 3 rings (SSSR count). The van der Waals surface area contributed by atoms with Crippen LogP contribution >= 0.6 is 0 Å². The summed E-state index contributed by atoms with van der Waals surface area (Å²) < 4.78 is 5.30. The molecule has 2 aliphatic heterocycles. The topological polar surface area (TPSA) is 12.5 Å². The first-order chi connectivity index (χ1) is 9.61. The summed E-state index contributed by atoms with van der Waals surface area (Å²) in [6, 6.07) is 7.29. The fourth-order valence-electron chi connectivity index (χ4n) is 3.13. The zero-order valence-electron chi connectivity index (χ0n) is 13.5. The maximum atomic E-state index is 5.30. The van der Waals surface area contributed by atoms with Gasteiger partial charge in [-0.1, -0.05) is 33.3 Å². The van der Waals surface area contributed by atoms with Crippen LogP contribution in [0.2, 0.25) is 0 Å². The van der Waals surface area contributed by atoms with Gasteiger partial charge in [0.25, 0.3) is 0 Å². The second kappa shape index (κ2) is 7.12. The molecule has 1 atom stereocenters. The van der Waals surface area contributed by atoms with Crippen molar-refractivity contribution in [3.05, 3.63) is 29.3 Å². The fourth-order valence-corrected chi connectivity index (χ4v) is 3.13. The first-order valence-electron chi connectivity index (χ1n) is 8.02. The average molecular weight is 275 g/mol. The van der Waals surface area contributed by atoms with Crippen LogP contribution in [-0.4, -0.2) is 25.1 Å². The highest BCUT2D eigenvalue weighted by atomic mass is 16.5. The lowest BCUT2D eigenvalue weighted by atomic mass is 9.87. The standard InChI is InChI=1S/C14H19NO.C4H10/c1-16-12-5-6-13-11(10-12)7-9-15-8-3-2-4-14(13)15;1-4(2)3/h5-6,10,14H,2-4,7-9H2,1H3;4H,1-3H3. The molecule has 0 N–H and O–H groups in total. The van der Waals surface area contributed by atoms with Crippen LogP contribution in [0.15, 0.2) is 18.2 Å². The minimum Gasteiger partial charge on any atom is -0.497 e. The number of rotatable bonds is 1. The Kier molecular flexibility index (Phi) is 5.47. The van der Waals surface area contributed by atoms with E-state index in [0.29, 0.717) is 6.04 Å². The van der Waals surface area contributed by atoms with Crippen molar-refractivity contribution in [1.82, 2.24) is 4.90 Å². The van der Waals surface area contributed by atoms with Crippen LogP contribution in [0.25, 0.3) is 0 Å². The molecule has 1 fully saturated rings. The number of methoxy groups -OCH3 is 1. The van der Waals surface area contributed by atoms with E-state index in [2.05, 4.69) is 43.9 Å². The Labute approximate surface area is 124 Å². The van der Waals surface area contributed by atoms with Crippen molar-refractivity contribution < 1.29 is 4.74 Å². The van der Waals surface area contributed by atoms with Gasteiger partial charge in [0.05, 0.1) is 7.11 Å². The van der Waals surface area contributed by atoms with Crippen LogP contribution in [0, 0.1) is 5.92 Å². The first-order valence-corrected chi connectivity index (χ1v) is 8.02. The van der Waals surface area contributed by atoms with Gasteiger partial charge in [0.15, 0.2) is 0 Å². The van der Waals surface area contributed by atoms with Crippen LogP contribution in [0.5, 0.6) is 5.75 Å². The van der Waals surface area contributed by atoms with Crippen LogP contribution in [0.1, 0.15) is 57.2 Å². The molecule has 2 heteroatoms. The molecule has 0 saturated carbocycles. The second-order valence-corrected chi connectivity index (χ2v) is 6.59. The number of piperidine rings is 1. The normalized spacial score (nSPS) is 21.6. The molecular weight excluding hydrogens is 246 g/mol. The highest BCUT2D eigenvalue weighted by molar-refractivity contribution is 5.39. The molecule has 2 nitrogen and oxygen atoms in total. The van der Waals surface area contributed by atoms with Gasteiger partial charge in [-0.05, 0) is 55.0 Å². The van der Waals surface area contributed by atoms with Gasteiger partial charge >= 0.3 is 0 Å². The Morgan fingerprint density at radius 1 is 1.15 bits per heavy atom. The first kappa shape index (κ1) is 15.4. The summed E-state index contributed by atoms with van der Waals surface area (Å²) in [7, 11) is 1.75. The van der Waals surface area contributed by atoms with Gasteiger partial charge in [-0.3, -0.25) is 4.90 Å². The smallest absolute Gasteiger partial charge is 0.119 e. The molecule has 0 spiro atoms. The molecule has 1 aromatic carbocycles. The lowest BCUT2D eigenvalue weighted by Gasteiger charge is -2.40. The molecule has 0 radical (unpaired) electrons. The molecule has 1 unspecified atom stereocenters. The van der Waals surface area contributed by atoms with Crippen molar-refractivity contribution in [3.8, 4) is 5.75 Å². The van der Waals surface area contributed by atoms with Crippen molar-refractivity contribution >= 4 is 0 Å². The SMILES string of the molecule is CC(C)C.COc1ccc2c(c1)CCN1CCCCC21. The summed E-state index contributed by atoms with van der Waals surface area (Å²) in [6.07, 6.45) is 5.27. The van der Waals surface area contributed by atoms with Gasteiger partial charge in [-0.25, -0.2) is 0 Å². The van der Waals surface area contributed by atoms with E-state index in [4.69, 9.17) is 4.74 Å². The molecule has 1 saturated heterocycles. The Bertz CT molecular complexity index is 425. The molecule has 0 aromatic heterocycles. The predicted molar refractivity (Wildman–Crippen MR) is 85.4 cm³/mol. The number of ether oxygens (including phenoxy) is 1. The van der Waals surface area contributed by atoms with Crippen LogP contribution in [0.3, 0.4) is 0 Å². The Balaban J connectivity index is 0.000000328. The summed E-state index contributed by atoms with van der Waals surface area (Å²) in [5, 5.41) is 0. The van der Waals surface area contributed by atoms with Gasteiger partial charge in [0.1, 0.15) is 5.75 Å². The molecule has 0 bridgehead atoms. The van der Waals surface area contributed by atoms with E-state index in [1.54, 1.807) is 12.7 Å².